The highest BCUT2D eigenvalue weighted by atomic mass is 19.1. The lowest BCUT2D eigenvalue weighted by Crippen LogP contribution is -2.13. The molecule has 0 spiro atoms. The summed E-state index contributed by atoms with van der Waals surface area (Å²) < 4.78 is 105. The number of ketones is 4. The molecule has 0 aliphatic carbocycles. The monoisotopic (exact) mass is 1850 g/mol. The van der Waals surface area contributed by atoms with Crippen LogP contribution >= 0.6 is 0 Å². The van der Waals surface area contributed by atoms with E-state index in [0.717, 1.165) is 139 Å². The van der Waals surface area contributed by atoms with Gasteiger partial charge in [-0.2, -0.15) is 0 Å². The lowest BCUT2D eigenvalue weighted by Gasteiger charge is -2.24. The van der Waals surface area contributed by atoms with Gasteiger partial charge in [0, 0.05) is 46.9 Å². The summed E-state index contributed by atoms with van der Waals surface area (Å²) in [7, 11) is 6.33. The zero-order valence-corrected chi connectivity index (χ0v) is 84.3. The van der Waals surface area contributed by atoms with E-state index in [0.29, 0.717) is 84.5 Å². The van der Waals surface area contributed by atoms with Crippen LogP contribution in [-0.2, 0) is 80.1 Å². The number of hydrogen-bond acceptors (Lipinski definition) is 12. The Kier molecular flexibility index (Phi) is 38.8. The summed E-state index contributed by atoms with van der Waals surface area (Å²) in [5, 5.41) is 0. The molecule has 0 aromatic heterocycles. The van der Waals surface area contributed by atoms with E-state index in [1.165, 1.54) is 35.4 Å². The predicted molar refractivity (Wildman–Crippen MR) is 544 cm³/mol. The highest BCUT2D eigenvalue weighted by Crippen LogP contribution is 2.43. The van der Waals surface area contributed by atoms with Gasteiger partial charge >= 0.3 is 0 Å². The first-order chi connectivity index (χ1) is 64.4. The first-order valence-electron chi connectivity index (χ1n) is 47.2. The number of rotatable bonds is 36. The van der Waals surface area contributed by atoms with Gasteiger partial charge in [-0.05, 0) is 321 Å². The minimum atomic E-state index is -0.283. The Bertz CT molecular complexity index is 5600. The largest absolute Gasteiger partial charge is 0.497 e. The standard InChI is InChI=1S/2C31H37FO3.2C29H33FO3/c2*1-7-8-24(17-21(2)33)23-10-12-25(13-11-23)35-20-22-9-15-29(31(3,4)5)27(18-22)28-19-26(34-6)14-16-30(28)32;2*1-19(20(2)31)15-21-7-10-23(11-8-21)33-18-22-9-13-27(29(3,4)5)25(16-22)26-17-24(32-6)12-14-28(26)30/h2*9-16,18-19,24H,7-8,17,20H2,1-6H3;2*7-14,16-17,19H,15,18H2,1-6H3/t2*24-;2*19-/m1010/s1. The Morgan fingerprint density at radius 3 is 0.669 bits per heavy atom. The van der Waals surface area contributed by atoms with Crippen molar-refractivity contribution in [3.8, 4) is 90.5 Å². The minimum absolute atomic E-state index is 0.00789. The summed E-state index contributed by atoms with van der Waals surface area (Å²) >= 11 is 0. The molecule has 0 bridgehead atoms. The first-order valence-corrected chi connectivity index (χ1v) is 47.2. The molecule has 0 amide bonds. The lowest BCUT2D eigenvalue weighted by atomic mass is 9.81. The van der Waals surface area contributed by atoms with Crippen molar-refractivity contribution in [3.05, 3.63) is 333 Å². The number of carbonyl (C=O) groups excluding carboxylic acids is 4. The Hall–Kier alpha value is -12.6. The molecular formula is C120H140F4O12. The molecule has 12 nitrogen and oxygen atoms in total. The molecule has 0 aliphatic heterocycles. The van der Waals surface area contributed by atoms with Gasteiger partial charge in [0.1, 0.15) is 119 Å². The Morgan fingerprint density at radius 1 is 0.272 bits per heavy atom. The smallest absolute Gasteiger partial charge is 0.132 e. The molecule has 136 heavy (non-hydrogen) atoms. The Labute approximate surface area is 806 Å². The van der Waals surface area contributed by atoms with E-state index in [1.807, 2.05) is 135 Å². The lowest BCUT2D eigenvalue weighted by molar-refractivity contribution is -0.121. The second-order valence-corrected chi connectivity index (χ2v) is 39.7. The molecule has 0 radical (unpaired) electrons. The first kappa shape index (κ1) is 107. The Morgan fingerprint density at radius 2 is 0.478 bits per heavy atom. The topological polar surface area (TPSA) is 142 Å². The van der Waals surface area contributed by atoms with Crippen LogP contribution in [0.5, 0.6) is 46.0 Å². The quantitative estimate of drug-likeness (QED) is 0.0345. The van der Waals surface area contributed by atoms with Gasteiger partial charge in [-0.3, -0.25) is 9.59 Å². The maximum Gasteiger partial charge on any atom is 0.132 e. The zero-order chi connectivity index (χ0) is 99.5. The molecule has 0 unspecified atom stereocenters. The third-order valence-corrected chi connectivity index (χ3v) is 24.4. The SMILES string of the molecule is CCC[C@@H](CC(C)=O)c1ccc(OCc2ccc(C(C)(C)C)c(-c3cc(OC)ccc3F)c2)cc1.CCC[C@H](CC(C)=O)c1ccc(OCc2ccc(C(C)(C)C)c(-c3cc(OC)ccc3F)c2)cc1.COc1ccc(F)c(-c2cc(COc3ccc(C[C@@H](C)C(C)=O)cc3)ccc2C(C)(C)C)c1.COc1ccc(F)c(-c2cc(COc3ccc(C[C@H](C)C(C)=O)cc3)ccc2C(C)(C)C)c1. The predicted octanol–water partition coefficient (Wildman–Crippen LogP) is 30.8. The van der Waals surface area contributed by atoms with Crippen LogP contribution < -0.4 is 37.9 Å². The van der Waals surface area contributed by atoms with Gasteiger partial charge in [-0.25, -0.2) is 17.6 Å². The van der Waals surface area contributed by atoms with E-state index >= 15 is 0 Å². The van der Waals surface area contributed by atoms with Crippen molar-refractivity contribution >= 4 is 23.1 Å². The summed E-state index contributed by atoms with van der Waals surface area (Å²) in [6, 6.07) is 75.4. The van der Waals surface area contributed by atoms with E-state index < -0.39 is 0 Å². The number of carbonyl (C=O) groups is 4. The third kappa shape index (κ3) is 31.2. The van der Waals surface area contributed by atoms with Gasteiger partial charge in [0.2, 0.25) is 0 Å². The number of Topliss-reactive ketones (excluding diaryl/α,β-unsaturated/α-hetero) is 4. The second kappa shape index (κ2) is 49.3. The van der Waals surface area contributed by atoms with Crippen molar-refractivity contribution < 1.29 is 74.6 Å². The van der Waals surface area contributed by atoms with Crippen molar-refractivity contribution in [3.63, 3.8) is 0 Å². The number of methoxy groups -OCH3 is 4. The van der Waals surface area contributed by atoms with Crippen molar-refractivity contribution in [1.29, 1.82) is 0 Å². The van der Waals surface area contributed by atoms with E-state index in [2.05, 4.69) is 145 Å². The van der Waals surface area contributed by atoms with E-state index in [-0.39, 0.29) is 91.7 Å². The van der Waals surface area contributed by atoms with Gasteiger partial charge in [-0.1, -0.05) is 221 Å². The highest BCUT2D eigenvalue weighted by Gasteiger charge is 2.28. The van der Waals surface area contributed by atoms with Gasteiger partial charge in [0.15, 0.2) is 0 Å². The summed E-state index contributed by atoms with van der Waals surface area (Å²) in [5.74, 6) is 5.70. The molecule has 16 heteroatoms. The van der Waals surface area contributed by atoms with Crippen molar-refractivity contribution in [1.82, 2.24) is 0 Å². The number of benzene rings is 12. The molecule has 0 N–H and O–H groups in total. The van der Waals surface area contributed by atoms with Crippen LogP contribution in [-0.4, -0.2) is 51.6 Å². The summed E-state index contributed by atoms with van der Waals surface area (Å²) in [5.41, 5.74) is 17.4. The van der Waals surface area contributed by atoms with Crippen LogP contribution in [0.2, 0.25) is 0 Å². The van der Waals surface area contributed by atoms with Crippen LogP contribution in [0, 0.1) is 35.1 Å². The average Bonchev–Trinajstić information content (AvgIpc) is 0.796. The van der Waals surface area contributed by atoms with Crippen LogP contribution in [0.3, 0.4) is 0 Å². The van der Waals surface area contributed by atoms with E-state index in [4.69, 9.17) is 37.9 Å². The fourth-order valence-corrected chi connectivity index (χ4v) is 16.5. The molecule has 0 saturated carbocycles. The van der Waals surface area contributed by atoms with Crippen molar-refractivity contribution in [2.24, 2.45) is 11.8 Å². The molecule has 12 rings (SSSR count). The van der Waals surface area contributed by atoms with Crippen LogP contribution in [0.25, 0.3) is 44.5 Å². The average molecular weight is 1850 g/mol. The van der Waals surface area contributed by atoms with E-state index in [9.17, 15) is 36.7 Å². The van der Waals surface area contributed by atoms with Gasteiger partial charge in [0.05, 0.1) is 28.4 Å². The number of halogens is 4. The normalized spacial score (nSPS) is 12.3. The summed E-state index contributed by atoms with van der Waals surface area (Å²) in [6.45, 7) is 41.6. The number of hydrogen-bond donors (Lipinski definition) is 0. The molecular weight excluding hydrogens is 1710 g/mol. The zero-order valence-electron chi connectivity index (χ0n) is 84.3. The Balaban J connectivity index is 0.000000203. The maximum absolute atomic E-state index is 14.9. The molecule has 0 saturated heterocycles. The van der Waals surface area contributed by atoms with Crippen LogP contribution in [0.1, 0.15) is 256 Å². The summed E-state index contributed by atoms with van der Waals surface area (Å²) in [4.78, 5) is 46.3. The number of ether oxygens (including phenoxy) is 8. The molecule has 4 atom stereocenters. The third-order valence-electron chi connectivity index (χ3n) is 24.4. The van der Waals surface area contributed by atoms with Gasteiger partial charge in [0.25, 0.3) is 0 Å². The fourth-order valence-electron chi connectivity index (χ4n) is 16.5. The molecule has 12 aromatic rings. The minimum Gasteiger partial charge on any atom is -0.497 e. The fraction of sp³-hybridized carbons (Fsp3) is 0.367. The molecule has 0 fully saturated rings. The van der Waals surface area contributed by atoms with Crippen molar-refractivity contribution in [2.45, 2.75) is 250 Å². The molecule has 0 aliphatic rings. The van der Waals surface area contributed by atoms with Gasteiger partial charge in [-0.15, -0.1) is 0 Å². The van der Waals surface area contributed by atoms with Crippen molar-refractivity contribution in [2.75, 3.05) is 28.4 Å². The molecule has 720 valence electrons. The molecule has 0 heterocycles. The van der Waals surface area contributed by atoms with Crippen LogP contribution in [0.4, 0.5) is 17.6 Å². The highest BCUT2D eigenvalue weighted by molar-refractivity contribution is 5.80. The summed E-state index contributed by atoms with van der Waals surface area (Å²) in [6.07, 6.45) is 6.63. The second-order valence-electron chi connectivity index (χ2n) is 39.7. The van der Waals surface area contributed by atoms with Gasteiger partial charge < -0.3 is 47.5 Å². The van der Waals surface area contributed by atoms with Crippen LogP contribution in [0.15, 0.2) is 243 Å². The maximum atomic E-state index is 14.9. The van der Waals surface area contributed by atoms with E-state index in [1.54, 1.807) is 105 Å². The molecule has 12 aromatic carbocycles.